The molecule has 0 radical (unpaired) electrons. The van der Waals surface area contributed by atoms with Crippen molar-refractivity contribution in [3.63, 3.8) is 0 Å². The lowest BCUT2D eigenvalue weighted by Crippen LogP contribution is -2.30. The Bertz CT molecular complexity index is 608. The molecular formula is C14H16N2O3S2. The predicted octanol–water partition coefficient (Wildman–Crippen LogP) is 2.64. The molecule has 2 rings (SSSR count). The first-order chi connectivity index (χ1) is 10.0. The molecule has 21 heavy (non-hydrogen) atoms. The number of hydrogen-bond acceptors (Lipinski definition) is 5. The van der Waals surface area contributed by atoms with Crippen molar-refractivity contribution in [3.8, 4) is 9.88 Å². The van der Waals surface area contributed by atoms with E-state index in [2.05, 4.69) is 10.3 Å². The summed E-state index contributed by atoms with van der Waals surface area (Å²) >= 11 is 3.14. The number of carbonyl (C=O) groups is 2. The lowest BCUT2D eigenvalue weighted by Gasteiger charge is -2.09. The average Bonchev–Trinajstić information content (AvgIpc) is 3.05. The molecule has 112 valence electrons. The van der Waals surface area contributed by atoms with E-state index in [0.717, 1.165) is 15.6 Å². The molecule has 0 aliphatic rings. The van der Waals surface area contributed by atoms with Crippen LogP contribution in [0.3, 0.4) is 0 Å². The zero-order valence-electron chi connectivity index (χ0n) is 11.5. The minimum atomic E-state index is -0.850. The van der Waals surface area contributed by atoms with E-state index in [9.17, 15) is 9.59 Å². The van der Waals surface area contributed by atoms with Gasteiger partial charge in [-0.15, -0.1) is 22.7 Å². The average molecular weight is 324 g/mol. The minimum Gasteiger partial charge on any atom is -0.481 e. The minimum absolute atomic E-state index is 0.0551. The van der Waals surface area contributed by atoms with Gasteiger partial charge in [0.05, 0.1) is 17.0 Å². The first kappa shape index (κ1) is 15.7. The fourth-order valence-corrected chi connectivity index (χ4v) is 3.42. The highest BCUT2D eigenvalue weighted by molar-refractivity contribution is 7.20. The molecule has 1 atom stereocenters. The maximum absolute atomic E-state index is 11.8. The monoisotopic (exact) mass is 324 g/mol. The van der Waals surface area contributed by atoms with Crippen LogP contribution in [0.4, 0.5) is 0 Å². The summed E-state index contributed by atoms with van der Waals surface area (Å²) in [5.74, 6) is -1.06. The molecule has 2 heterocycles. The number of rotatable bonds is 7. The van der Waals surface area contributed by atoms with Crippen LogP contribution in [0.1, 0.15) is 19.0 Å². The fourth-order valence-electron chi connectivity index (χ4n) is 1.79. The molecule has 0 bridgehead atoms. The van der Waals surface area contributed by atoms with Crippen LogP contribution >= 0.6 is 22.7 Å². The molecule has 0 spiro atoms. The first-order valence-electron chi connectivity index (χ1n) is 6.51. The predicted molar refractivity (Wildman–Crippen MR) is 83.6 cm³/mol. The quantitative estimate of drug-likeness (QED) is 0.820. The number of carboxylic acid groups (broad SMARTS) is 1. The summed E-state index contributed by atoms with van der Waals surface area (Å²) in [5.41, 5.74) is 0.742. The highest BCUT2D eigenvalue weighted by Crippen LogP contribution is 2.27. The standard InChI is InChI=1S/C14H16N2O3S2/c1-9(5-13(18)19)7-15-12(17)6-10-8-21-14(16-10)11-3-2-4-20-11/h2-4,8-9H,5-7H2,1H3,(H,15,17)(H,18,19). The van der Waals surface area contributed by atoms with Gasteiger partial charge in [-0.2, -0.15) is 0 Å². The van der Waals surface area contributed by atoms with Gasteiger partial charge in [-0.25, -0.2) is 4.98 Å². The number of carboxylic acids is 1. The summed E-state index contributed by atoms with van der Waals surface area (Å²) < 4.78 is 0. The van der Waals surface area contributed by atoms with Crippen LogP contribution in [0.15, 0.2) is 22.9 Å². The highest BCUT2D eigenvalue weighted by atomic mass is 32.1. The summed E-state index contributed by atoms with van der Waals surface area (Å²) in [4.78, 5) is 27.9. The molecule has 5 nitrogen and oxygen atoms in total. The maximum Gasteiger partial charge on any atom is 0.303 e. The van der Waals surface area contributed by atoms with Crippen LogP contribution in [-0.4, -0.2) is 28.5 Å². The molecule has 2 aromatic rings. The van der Waals surface area contributed by atoms with E-state index in [4.69, 9.17) is 5.11 Å². The van der Waals surface area contributed by atoms with Gasteiger partial charge in [0.15, 0.2) is 0 Å². The number of nitrogens with one attached hydrogen (secondary N) is 1. The molecule has 7 heteroatoms. The lowest BCUT2D eigenvalue weighted by molar-refractivity contribution is -0.138. The van der Waals surface area contributed by atoms with Crippen LogP contribution in [-0.2, 0) is 16.0 Å². The van der Waals surface area contributed by atoms with Crippen molar-refractivity contribution in [3.05, 3.63) is 28.6 Å². The zero-order chi connectivity index (χ0) is 15.2. The van der Waals surface area contributed by atoms with Crippen LogP contribution in [0.25, 0.3) is 9.88 Å². The third-order valence-corrected chi connectivity index (χ3v) is 4.73. The van der Waals surface area contributed by atoms with Crippen molar-refractivity contribution in [1.82, 2.24) is 10.3 Å². The molecule has 1 unspecified atom stereocenters. The van der Waals surface area contributed by atoms with Gasteiger partial charge in [0.1, 0.15) is 5.01 Å². The van der Waals surface area contributed by atoms with Gasteiger partial charge >= 0.3 is 5.97 Å². The lowest BCUT2D eigenvalue weighted by atomic mass is 10.1. The van der Waals surface area contributed by atoms with Crippen LogP contribution in [0, 0.1) is 5.92 Å². The first-order valence-corrected chi connectivity index (χ1v) is 8.27. The zero-order valence-corrected chi connectivity index (χ0v) is 13.2. The van der Waals surface area contributed by atoms with E-state index >= 15 is 0 Å². The van der Waals surface area contributed by atoms with Crippen LogP contribution in [0.5, 0.6) is 0 Å². The van der Waals surface area contributed by atoms with Crippen molar-refractivity contribution < 1.29 is 14.7 Å². The summed E-state index contributed by atoms with van der Waals surface area (Å²) in [6.07, 6.45) is 0.279. The molecule has 0 aromatic carbocycles. The number of amides is 1. The van der Waals surface area contributed by atoms with Crippen molar-refractivity contribution in [2.45, 2.75) is 19.8 Å². The molecule has 0 fully saturated rings. The van der Waals surface area contributed by atoms with Crippen molar-refractivity contribution in [2.75, 3.05) is 6.54 Å². The normalized spacial score (nSPS) is 12.0. The van der Waals surface area contributed by atoms with Gasteiger partial charge in [0.2, 0.25) is 5.91 Å². The smallest absolute Gasteiger partial charge is 0.303 e. The molecule has 1 amide bonds. The number of carbonyl (C=O) groups excluding carboxylic acids is 1. The number of aliphatic carboxylic acids is 1. The summed E-state index contributed by atoms with van der Waals surface area (Å²) in [6.45, 7) is 2.17. The highest BCUT2D eigenvalue weighted by Gasteiger charge is 2.12. The number of thiazole rings is 1. The summed E-state index contributed by atoms with van der Waals surface area (Å²) in [5, 5.41) is 16.2. The third kappa shape index (κ3) is 4.95. The summed E-state index contributed by atoms with van der Waals surface area (Å²) in [6, 6.07) is 3.97. The Labute approximate surface area is 130 Å². The van der Waals surface area contributed by atoms with E-state index < -0.39 is 5.97 Å². The number of thiophene rings is 1. The second-order valence-corrected chi connectivity index (χ2v) is 6.61. The van der Waals surface area contributed by atoms with E-state index in [0.29, 0.717) is 6.54 Å². The molecule has 0 aliphatic carbocycles. The fraction of sp³-hybridized carbons (Fsp3) is 0.357. The van der Waals surface area contributed by atoms with E-state index in [1.54, 1.807) is 18.3 Å². The van der Waals surface area contributed by atoms with Gasteiger partial charge < -0.3 is 10.4 Å². The second kappa shape index (κ2) is 7.33. The Hall–Kier alpha value is -1.73. The molecule has 0 saturated heterocycles. The van der Waals surface area contributed by atoms with Gasteiger partial charge in [-0.05, 0) is 17.4 Å². The van der Waals surface area contributed by atoms with E-state index in [1.165, 1.54) is 11.3 Å². The van der Waals surface area contributed by atoms with Crippen molar-refractivity contribution in [2.24, 2.45) is 5.92 Å². The van der Waals surface area contributed by atoms with Gasteiger partial charge in [-0.3, -0.25) is 9.59 Å². The molecule has 2 N–H and O–H groups in total. The maximum atomic E-state index is 11.8. The Morgan fingerprint density at radius 1 is 1.43 bits per heavy atom. The summed E-state index contributed by atoms with van der Waals surface area (Å²) in [7, 11) is 0. The van der Waals surface area contributed by atoms with Crippen LogP contribution in [0.2, 0.25) is 0 Å². The second-order valence-electron chi connectivity index (χ2n) is 4.81. The van der Waals surface area contributed by atoms with Gasteiger partial charge in [0.25, 0.3) is 0 Å². The van der Waals surface area contributed by atoms with E-state index in [1.807, 2.05) is 22.9 Å². The van der Waals surface area contributed by atoms with Gasteiger partial charge in [0, 0.05) is 18.3 Å². The molecule has 2 aromatic heterocycles. The molecule has 0 saturated carbocycles. The SMILES string of the molecule is CC(CNC(=O)Cc1csc(-c2cccs2)n1)CC(=O)O. The Balaban J connectivity index is 1.82. The van der Waals surface area contributed by atoms with Gasteiger partial charge in [-0.1, -0.05) is 13.0 Å². The molecular weight excluding hydrogens is 308 g/mol. The third-order valence-electron chi connectivity index (χ3n) is 2.80. The van der Waals surface area contributed by atoms with Crippen LogP contribution < -0.4 is 5.32 Å². The number of hydrogen-bond donors (Lipinski definition) is 2. The Morgan fingerprint density at radius 3 is 2.90 bits per heavy atom. The number of aromatic nitrogens is 1. The Morgan fingerprint density at radius 2 is 2.24 bits per heavy atom. The molecule has 0 aliphatic heterocycles. The largest absolute Gasteiger partial charge is 0.481 e. The Kier molecular flexibility index (Phi) is 5.46. The van der Waals surface area contributed by atoms with E-state index in [-0.39, 0.29) is 24.7 Å². The number of nitrogens with zero attached hydrogens (tertiary/aromatic N) is 1. The topological polar surface area (TPSA) is 79.3 Å². The van der Waals surface area contributed by atoms with Crippen molar-refractivity contribution >= 4 is 34.6 Å². The van der Waals surface area contributed by atoms with Crippen molar-refractivity contribution in [1.29, 1.82) is 0 Å².